The zero-order valence-corrected chi connectivity index (χ0v) is 14.2. The van der Waals surface area contributed by atoms with E-state index in [4.69, 9.17) is 9.79 Å². The maximum Gasteiger partial charge on any atom is 0.427 e. The van der Waals surface area contributed by atoms with E-state index in [1.54, 1.807) is 24.3 Å². The monoisotopic (exact) mass is 369 g/mol. The third-order valence-electron chi connectivity index (χ3n) is 3.74. The van der Waals surface area contributed by atoms with Crippen molar-refractivity contribution in [2.45, 2.75) is 31.8 Å². The van der Waals surface area contributed by atoms with E-state index in [1.165, 1.54) is 0 Å². The van der Waals surface area contributed by atoms with Crippen LogP contribution in [0.15, 0.2) is 47.4 Å². The molecule has 1 atom stereocenters. The summed E-state index contributed by atoms with van der Waals surface area (Å²) < 4.78 is 11.1. The second kappa shape index (κ2) is 7.84. The van der Waals surface area contributed by atoms with Gasteiger partial charge in [0.1, 0.15) is 11.5 Å². The topological polar surface area (TPSA) is 147 Å². The van der Waals surface area contributed by atoms with Gasteiger partial charge in [-0.1, -0.05) is 12.1 Å². The number of benzene rings is 1. The average Bonchev–Trinajstić information content (AvgIpc) is 2.46. The molecule has 1 aliphatic rings. The largest absolute Gasteiger partial charge is 0.508 e. The molecule has 1 unspecified atom stereocenters. The summed E-state index contributed by atoms with van der Waals surface area (Å²) in [5, 5.41) is 31.4. The number of phenolic OH excluding ortho intramolecular Hbond substituents is 1. The molecule has 0 spiro atoms. The smallest absolute Gasteiger partial charge is 0.427 e. The fraction of sp³-hybridized carbons (Fsp3) is 0.312. The van der Waals surface area contributed by atoms with Crippen LogP contribution in [0.4, 0.5) is 0 Å². The number of hydrogen-bond donors (Lipinski definition) is 6. The van der Waals surface area contributed by atoms with Gasteiger partial charge in [0, 0.05) is 17.3 Å². The number of phenols is 1. The lowest BCUT2D eigenvalue weighted by atomic mass is 9.93. The molecule has 1 aromatic rings. The molecule has 0 bridgehead atoms. The first-order valence-electron chi connectivity index (χ1n) is 7.62. The van der Waals surface area contributed by atoms with Crippen LogP contribution in [-0.2, 0) is 15.8 Å². The molecule has 0 fully saturated rings. The van der Waals surface area contributed by atoms with Gasteiger partial charge in [0.25, 0.3) is 0 Å². The lowest BCUT2D eigenvalue weighted by Crippen LogP contribution is -2.25. The van der Waals surface area contributed by atoms with Crippen LogP contribution in [-0.4, -0.2) is 37.0 Å². The fourth-order valence-electron chi connectivity index (χ4n) is 2.66. The zero-order valence-electron chi connectivity index (χ0n) is 13.3. The molecule has 0 radical (unpaired) electrons. The molecule has 9 heteroatoms. The molecule has 1 aliphatic carbocycles. The molecule has 25 heavy (non-hydrogen) atoms. The number of ketones is 1. The Kier molecular flexibility index (Phi) is 6.02. The predicted molar refractivity (Wildman–Crippen MR) is 89.6 cm³/mol. The minimum atomic E-state index is -4.68. The second-order valence-electron chi connectivity index (χ2n) is 5.80. The summed E-state index contributed by atoms with van der Waals surface area (Å²) in [6, 6.07) is 6.60. The normalized spacial score (nSPS) is 16.6. The summed E-state index contributed by atoms with van der Waals surface area (Å²) in [6.45, 7) is 0. The van der Waals surface area contributed by atoms with Crippen LogP contribution in [0.3, 0.4) is 0 Å². The van der Waals surface area contributed by atoms with Crippen molar-refractivity contribution in [1.29, 1.82) is 0 Å². The first-order valence-corrected chi connectivity index (χ1v) is 9.23. The minimum Gasteiger partial charge on any atom is -0.508 e. The Hall–Kier alpha value is -2.12. The average molecular weight is 369 g/mol. The standard InChI is InChI=1S/C16H20NO7P/c18-11-6-4-10(5-7-11)2-1-3-14(20)16-13(17-25(22,23)24)8-12(19)9-15(16)21/h4-7,9,14,18,20-21H,1-3,8H2,(H3,17,22,23,24). The molecule has 1 aromatic carbocycles. The van der Waals surface area contributed by atoms with Gasteiger partial charge in [-0.2, -0.15) is 0 Å². The molecule has 8 nitrogen and oxygen atoms in total. The molecule has 2 rings (SSSR count). The quantitative estimate of drug-likeness (QED) is 0.396. The number of aliphatic hydroxyl groups excluding tert-OH is 2. The Labute approximate surface area is 144 Å². The van der Waals surface area contributed by atoms with Gasteiger partial charge in [-0.3, -0.25) is 9.88 Å². The molecule has 0 amide bonds. The molecule has 136 valence electrons. The Morgan fingerprint density at radius 1 is 1.16 bits per heavy atom. The van der Waals surface area contributed by atoms with E-state index in [0.29, 0.717) is 12.8 Å². The highest BCUT2D eigenvalue weighted by molar-refractivity contribution is 7.49. The summed E-state index contributed by atoms with van der Waals surface area (Å²) in [5.74, 6) is -0.859. The van der Waals surface area contributed by atoms with Crippen molar-refractivity contribution in [3.63, 3.8) is 0 Å². The zero-order chi connectivity index (χ0) is 18.6. The van der Waals surface area contributed by atoms with E-state index in [2.05, 4.69) is 0 Å². The molecule has 0 aliphatic heterocycles. The van der Waals surface area contributed by atoms with Gasteiger partial charge in [-0.15, -0.1) is 0 Å². The maximum absolute atomic E-state index is 11.5. The Morgan fingerprint density at radius 3 is 2.40 bits per heavy atom. The molecule has 0 saturated carbocycles. The predicted octanol–water partition coefficient (Wildman–Crippen LogP) is 1.43. The number of aliphatic hydroxyl groups is 2. The van der Waals surface area contributed by atoms with E-state index in [-0.39, 0.29) is 29.9 Å². The van der Waals surface area contributed by atoms with Crippen LogP contribution in [0, 0.1) is 0 Å². The van der Waals surface area contributed by atoms with E-state index >= 15 is 0 Å². The minimum absolute atomic E-state index is 0.0753. The maximum atomic E-state index is 11.5. The summed E-state index contributed by atoms with van der Waals surface area (Å²) in [5.41, 5.74) is 0.704. The summed E-state index contributed by atoms with van der Waals surface area (Å²) in [6.07, 6.45) is 0.766. The van der Waals surface area contributed by atoms with Crippen molar-refractivity contribution in [2.75, 3.05) is 0 Å². The van der Waals surface area contributed by atoms with Gasteiger partial charge < -0.3 is 25.1 Å². The van der Waals surface area contributed by atoms with Gasteiger partial charge in [0.05, 0.1) is 12.5 Å². The third-order valence-corrected chi connectivity index (χ3v) is 4.30. The Bertz CT molecular complexity index is 748. The highest BCUT2D eigenvalue weighted by Gasteiger charge is 2.29. The number of nitrogens with one attached hydrogen (secondary N) is 1. The first kappa shape index (κ1) is 19.2. The molecular formula is C16H20NO7P. The number of rotatable bonds is 7. The molecule has 0 aromatic heterocycles. The van der Waals surface area contributed by atoms with Crippen molar-refractivity contribution in [3.8, 4) is 5.75 Å². The van der Waals surface area contributed by atoms with Crippen LogP contribution in [0.5, 0.6) is 5.75 Å². The molecule has 0 saturated heterocycles. The second-order valence-corrected chi connectivity index (χ2v) is 7.11. The summed E-state index contributed by atoms with van der Waals surface area (Å²) in [4.78, 5) is 29.6. The highest BCUT2D eigenvalue weighted by atomic mass is 31.2. The van der Waals surface area contributed by atoms with Crippen molar-refractivity contribution >= 4 is 13.5 Å². The lowest BCUT2D eigenvalue weighted by Gasteiger charge is -2.23. The third kappa shape index (κ3) is 5.72. The number of hydrogen-bond acceptors (Lipinski definition) is 5. The van der Waals surface area contributed by atoms with Gasteiger partial charge in [-0.05, 0) is 37.0 Å². The Morgan fingerprint density at radius 2 is 1.80 bits per heavy atom. The SMILES string of the molecule is O=C1C=C(O)C(C(O)CCCc2ccc(O)cc2)=C(NP(=O)(O)O)C1. The van der Waals surface area contributed by atoms with Crippen LogP contribution in [0.1, 0.15) is 24.8 Å². The number of carbonyl (C=O) groups is 1. The Balaban J connectivity index is 2.07. The van der Waals surface area contributed by atoms with Crippen LogP contribution < -0.4 is 5.09 Å². The van der Waals surface area contributed by atoms with Gasteiger partial charge in [0.15, 0.2) is 5.78 Å². The summed E-state index contributed by atoms with van der Waals surface area (Å²) >= 11 is 0. The number of allylic oxidation sites excluding steroid dienone is 2. The first-order chi connectivity index (χ1) is 11.7. The molecule has 0 heterocycles. The fourth-order valence-corrected chi connectivity index (χ4v) is 3.21. The van der Waals surface area contributed by atoms with Gasteiger partial charge in [0.2, 0.25) is 0 Å². The molecular weight excluding hydrogens is 349 g/mol. The number of aryl methyl sites for hydroxylation is 1. The van der Waals surface area contributed by atoms with Crippen molar-refractivity contribution in [3.05, 3.63) is 52.9 Å². The lowest BCUT2D eigenvalue weighted by molar-refractivity contribution is -0.114. The number of aromatic hydroxyl groups is 1. The summed E-state index contributed by atoms with van der Waals surface area (Å²) in [7, 11) is -4.68. The van der Waals surface area contributed by atoms with Crippen LogP contribution >= 0.6 is 7.75 Å². The van der Waals surface area contributed by atoms with Crippen molar-refractivity contribution in [1.82, 2.24) is 5.09 Å². The van der Waals surface area contributed by atoms with E-state index < -0.39 is 25.4 Å². The van der Waals surface area contributed by atoms with Gasteiger partial charge >= 0.3 is 7.75 Å². The van der Waals surface area contributed by atoms with Crippen molar-refractivity contribution < 1.29 is 34.5 Å². The van der Waals surface area contributed by atoms with E-state index in [1.807, 2.05) is 5.09 Å². The van der Waals surface area contributed by atoms with Crippen LogP contribution in [0.2, 0.25) is 0 Å². The molecule has 6 N–H and O–H groups in total. The van der Waals surface area contributed by atoms with E-state index in [0.717, 1.165) is 11.6 Å². The number of carbonyl (C=O) groups excluding carboxylic acids is 1. The van der Waals surface area contributed by atoms with Crippen molar-refractivity contribution in [2.24, 2.45) is 0 Å². The van der Waals surface area contributed by atoms with Gasteiger partial charge in [-0.25, -0.2) is 4.57 Å². The van der Waals surface area contributed by atoms with E-state index in [9.17, 15) is 24.7 Å². The highest BCUT2D eigenvalue weighted by Crippen LogP contribution is 2.35. The van der Waals surface area contributed by atoms with Crippen LogP contribution in [0.25, 0.3) is 0 Å².